The lowest BCUT2D eigenvalue weighted by Gasteiger charge is -2.28. The first-order valence-electron chi connectivity index (χ1n) is 6.68. The molecule has 1 aromatic heterocycles. The van der Waals surface area contributed by atoms with Gasteiger partial charge in [-0.3, -0.25) is 0 Å². The predicted octanol–water partition coefficient (Wildman–Crippen LogP) is 2.46. The van der Waals surface area contributed by atoms with Gasteiger partial charge >= 0.3 is 5.97 Å². The van der Waals surface area contributed by atoms with Crippen LogP contribution >= 0.6 is 0 Å². The van der Waals surface area contributed by atoms with Crippen molar-refractivity contribution in [3.05, 3.63) is 30.1 Å². The zero-order chi connectivity index (χ0) is 15.4. The van der Waals surface area contributed by atoms with Crippen LogP contribution in [0, 0.1) is 11.3 Å². The van der Waals surface area contributed by atoms with Crippen LogP contribution < -0.4 is 4.90 Å². The molecule has 2 rings (SSSR count). The zero-order valence-electron chi connectivity index (χ0n) is 11.9. The van der Waals surface area contributed by atoms with Crippen LogP contribution in [-0.2, 0) is 0 Å². The first-order chi connectivity index (χ1) is 10.0. The Morgan fingerprint density at radius 2 is 2.10 bits per heavy atom. The van der Waals surface area contributed by atoms with Crippen molar-refractivity contribution < 1.29 is 9.90 Å². The number of fused-ring (bicyclic) bond motifs is 1. The summed E-state index contributed by atoms with van der Waals surface area (Å²) in [5.41, 5.74) is 0.586. The lowest BCUT2D eigenvalue weighted by molar-refractivity contribution is 0.0684. The van der Waals surface area contributed by atoms with Gasteiger partial charge in [-0.2, -0.15) is 5.26 Å². The van der Waals surface area contributed by atoms with Crippen LogP contribution in [0.5, 0.6) is 0 Å². The molecule has 0 bridgehead atoms. The number of aromatic nitrogens is 2. The third-order valence-electron chi connectivity index (χ3n) is 3.13. The normalized spacial score (nSPS) is 10.6. The summed E-state index contributed by atoms with van der Waals surface area (Å²) in [5, 5.41) is 18.8. The Kier molecular flexibility index (Phi) is 4.33. The summed E-state index contributed by atoms with van der Waals surface area (Å²) in [6, 6.07) is 9.49. The smallest absolute Gasteiger partial charge is 0.374 e. The minimum Gasteiger partial charge on any atom is -0.475 e. The Labute approximate surface area is 122 Å². The Hall–Kier alpha value is -2.68. The number of para-hydroxylation sites is 1. The average molecular weight is 284 g/mol. The highest BCUT2D eigenvalue weighted by Gasteiger charge is 2.19. The minimum atomic E-state index is -1.16. The van der Waals surface area contributed by atoms with Crippen LogP contribution in [-0.4, -0.2) is 33.6 Å². The summed E-state index contributed by atoms with van der Waals surface area (Å²) < 4.78 is 0. The molecule has 0 unspecified atom stereocenters. The first-order valence-corrected chi connectivity index (χ1v) is 6.68. The number of aromatic carboxylic acids is 1. The molecule has 6 nitrogen and oxygen atoms in total. The number of hydrogen-bond donors (Lipinski definition) is 1. The standard InChI is InChI=1S/C15H16N4O2/c1-10(2)19(9-5-8-16)14-11-6-3-4-7-12(11)17-13(18-14)15(20)21/h3-4,6-7,10H,5,9H2,1-2H3,(H,20,21). The molecule has 2 aromatic rings. The fourth-order valence-corrected chi connectivity index (χ4v) is 2.15. The molecule has 0 atom stereocenters. The molecule has 0 radical (unpaired) electrons. The fraction of sp³-hybridized carbons (Fsp3) is 0.333. The number of rotatable bonds is 5. The van der Waals surface area contributed by atoms with Crippen LogP contribution in [0.4, 0.5) is 5.82 Å². The number of carboxylic acid groups (broad SMARTS) is 1. The van der Waals surface area contributed by atoms with Crippen LogP contribution in [0.25, 0.3) is 10.9 Å². The number of anilines is 1. The van der Waals surface area contributed by atoms with Crippen molar-refractivity contribution in [1.29, 1.82) is 5.26 Å². The fourth-order valence-electron chi connectivity index (χ4n) is 2.15. The summed E-state index contributed by atoms with van der Waals surface area (Å²) in [5.74, 6) is -0.833. The van der Waals surface area contributed by atoms with E-state index in [0.717, 1.165) is 5.39 Å². The molecule has 0 saturated carbocycles. The summed E-state index contributed by atoms with van der Waals surface area (Å²) in [4.78, 5) is 21.4. The van der Waals surface area contributed by atoms with Gasteiger partial charge in [-0.05, 0) is 26.0 Å². The molecule has 0 aliphatic carbocycles. The monoisotopic (exact) mass is 284 g/mol. The molecule has 0 aliphatic heterocycles. The largest absolute Gasteiger partial charge is 0.475 e. The molecular weight excluding hydrogens is 268 g/mol. The maximum Gasteiger partial charge on any atom is 0.374 e. The molecule has 21 heavy (non-hydrogen) atoms. The first kappa shape index (κ1) is 14.7. The molecule has 0 saturated heterocycles. The molecule has 0 fully saturated rings. The molecule has 0 spiro atoms. The lowest BCUT2D eigenvalue weighted by atomic mass is 10.2. The second-order valence-corrected chi connectivity index (χ2v) is 4.89. The van der Waals surface area contributed by atoms with Crippen molar-refractivity contribution in [1.82, 2.24) is 9.97 Å². The van der Waals surface area contributed by atoms with E-state index < -0.39 is 5.97 Å². The van der Waals surface area contributed by atoms with Gasteiger partial charge in [-0.1, -0.05) is 12.1 Å². The van der Waals surface area contributed by atoms with Gasteiger partial charge in [0.1, 0.15) is 5.82 Å². The van der Waals surface area contributed by atoms with Crippen molar-refractivity contribution in [3.63, 3.8) is 0 Å². The highest BCUT2D eigenvalue weighted by atomic mass is 16.4. The van der Waals surface area contributed by atoms with E-state index >= 15 is 0 Å². The second-order valence-electron chi connectivity index (χ2n) is 4.89. The van der Waals surface area contributed by atoms with Gasteiger partial charge in [0.15, 0.2) is 0 Å². The molecule has 0 amide bonds. The SMILES string of the molecule is CC(C)N(CCC#N)c1nc(C(=O)O)nc2ccccc12. The van der Waals surface area contributed by atoms with Crippen molar-refractivity contribution in [2.24, 2.45) is 0 Å². The Bertz CT molecular complexity index is 706. The second kappa shape index (κ2) is 6.18. The van der Waals surface area contributed by atoms with Crippen molar-refractivity contribution >= 4 is 22.7 Å². The molecule has 108 valence electrons. The van der Waals surface area contributed by atoms with Gasteiger partial charge in [-0.15, -0.1) is 0 Å². The molecule has 1 N–H and O–H groups in total. The summed E-state index contributed by atoms with van der Waals surface area (Å²) in [7, 11) is 0. The Morgan fingerprint density at radius 1 is 1.38 bits per heavy atom. The lowest BCUT2D eigenvalue weighted by Crippen LogP contribution is -2.33. The van der Waals surface area contributed by atoms with Gasteiger partial charge in [0.25, 0.3) is 0 Å². The average Bonchev–Trinajstić information content (AvgIpc) is 2.46. The molecule has 6 heteroatoms. The van der Waals surface area contributed by atoms with Crippen molar-refractivity contribution in [3.8, 4) is 6.07 Å². The van der Waals surface area contributed by atoms with Crippen LogP contribution in [0.2, 0.25) is 0 Å². The number of nitriles is 1. The van der Waals surface area contributed by atoms with Gasteiger partial charge in [0.2, 0.25) is 5.82 Å². The van der Waals surface area contributed by atoms with E-state index in [1.807, 2.05) is 30.9 Å². The minimum absolute atomic E-state index is 0.0956. The van der Waals surface area contributed by atoms with Crippen LogP contribution in [0.15, 0.2) is 24.3 Å². The van der Waals surface area contributed by atoms with E-state index in [1.165, 1.54) is 0 Å². The summed E-state index contributed by atoms with van der Waals surface area (Å²) in [6.07, 6.45) is 0.346. The molecule has 0 aliphatic rings. The van der Waals surface area contributed by atoms with Gasteiger partial charge < -0.3 is 10.0 Å². The third-order valence-corrected chi connectivity index (χ3v) is 3.13. The van der Waals surface area contributed by atoms with Gasteiger partial charge in [0.05, 0.1) is 18.0 Å². The van der Waals surface area contributed by atoms with Crippen LogP contribution in [0.3, 0.4) is 0 Å². The van der Waals surface area contributed by atoms with Crippen molar-refractivity contribution in [2.75, 3.05) is 11.4 Å². The quantitative estimate of drug-likeness (QED) is 0.907. The number of nitrogens with zero attached hydrogens (tertiary/aromatic N) is 4. The highest BCUT2D eigenvalue weighted by molar-refractivity contribution is 5.94. The molecule has 1 heterocycles. The summed E-state index contributed by atoms with van der Waals surface area (Å²) >= 11 is 0. The van der Waals surface area contributed by atoms with E-state index in [9.17, 15) is 4.79 Å². The third kappa shape index (κ3) is 3.08. The molecule has 1 aromatic carbocycles. The maximum atomic E-state index is 11.2. The number of benzene rings is 1. The predicted molar refractivity (Wildman–Crippen MR) is 79.2 cm³/mol. The van der Waals surface area contributed by atoms with E-state index in [2.05, 4.69) is 16.0 Å². The van der Waals surface area contributed by atoms with E-state index in [1.54, 1.807) is 12.1 Å². The number of carbonyl (C=O) groups is 1. The van der Waals surface area contributed by atoms with E-state index in [4.69, 9.17) is 10.4 Å². The highest BCUT2D eigenvalue weighted by Crippen LogP contribution is 2.25. The number of hydrogen-bond acceptors (Lipinski definition) is 5. The van der Waals surface area contributed by atoms with Gasteiger partial charge in [-0.25, -0.2) is 14.8 Å². The maximum absolute atomic E-state index is 11.2. The Morgan fingerprint density at radius 3 is 2.71 bits per heavy atom. The van der Waals surface area contributed by atoms with E-state index in [0.29, 0.717) is 24.3 Å². The topological polar surface area (TPSA) is 90.1 Å². The Balaban J connectivity index is 2.63. The zero-order valence-corrected chi connectivity index (χ0v) is 11.9. The number of carboxylic acids is 1. The van der Waals surface area contributed by atoms with Crippen molar-refractivity contribution in [2.45, 2.75) is 26.3 Å². The molecular formula is C15H16N4O2. The van der Waals surface area contributed by atoms with Crippen LogP contribution in [0.1, 0.15) is 30.9 Å². The summed E-state index contributed by atoms with van der Waals surface area (Å²) in [6.45, 7) is 4.46. The van der Waals surface area contributed by atoms with E-state index in [-0.39, 0.29) is 11.9 Å². The van der Waals surface area contributed by atoms with Gasteiger partial charge in [0, 0.05) is 18.0 Å².